The molecule has 3 rings (SSSR count). The van der Waals surface area contributed by atoms with Crippen molar-refractivity contribution in [2.45, 2.75) is 40.3 Å². The van der Waals surface area contributed by atoms with Crippen LogP contribution in [0.3, 0.4) is 0 Å². The fourth-order valence-electron chi connectivity index (χ4n) is 2.64. The smallest absolute Gasteiger partial charge is 0.208 e. The molecule has 2 heterocycles. The highest BCUT2D eigenvalue weighted by Gasteiger charge is 2.20. The summed E-state index contributed by atoms with van der Waals surface area (Å²) in [6.07, 6.45) is 1.00. The summed E-state index contributed by atoms with van der Waals surface area (Å²) >= 11 is 1.61. The van der Waals surface area contributed by atoms with Crippen LogP contribution < -0.4 is 9.64 Å². The number of hydrogen-bond donors (Lipinski definition) is 0. The van der Waals surface area contributed by atoms with Crippen LogP contribution in [0.2, 0.25) is 0 Å². The van der Waals surface area contributed by atoms with E-state index in [9.17, 15) is 0 Å². The minimum atomic E-state index is 0.171. The average molecular weight is 347 g/mol. The number of nitrogens with zero attached hydrogens (tertiary/aromatic N) is 3. The lowest BCUT2D eigenvalue weighted by atomic mass is 9.98. The molecular formula is C18H25N3O2S. The van der Waals surface area contributed by atoms with Crippen LogP contribution in [-0.4, -0.2) is 30.5 Å². The van der Waals surface area contributed by atoms with Gasteiger partial charge < -0.3 is 14.4 Å². The Kier molecular flexibility index (Phi) is 5.06. The SMILES string of the molecule is COCc1nnc(N2CCc3cc(OCC(C)(C)C)ccc3C2)s1. The van der Waals surface area contributed by atoms with E-state index in [2.05, 4.69) is 54.1 Å². The zero-order chi connectivity index (χ0) is 17.2. The average Bonchev–Trinajstić information content (AvgIpc) is 3.00. The molecule has 1 aliphatic rings. The predicted molar refractivity (Wildman–Crippen MR) is 96.8 cm³/mol. The van der Waals surface area contributed by atoms with Crippen molar-refractivity contribution in [1.82, 2.24) is 10.2 Å². The van der Waals surface area contributed by atoms with Crippen LogP contribution in [0.15, 0.2) is 18.2 Å². The Morgan fingerprint density at radius 3 is 2.79 bits per heavy atom. The van der Waals surface area contributed by atoms with Crippen LogP contribution in [0.5, 0.6) is 5.75 Å². The van der Waals surface area contributed by atoms with E-state index in [0.717, 1.165) is 42.0 Å². The molecule has 0 N–H and O–H groups in total. The van der Waals surface area contributed by atoms with Gasteiger partial charge in [0.2, 0.25) is 5.13 Å². The van der Waals surface area contributed by atoms with E-state index in [1.165, 1.54) is 11.1 Å². The molecule has 0 fully saturated rings. The lowest BCUT2D eigenvalue weighted by Gasteiger charge is -2.28. The molecule has 1 aromatic heterocycles. The molecule has 0 unspecified atom stereocenters. The Morgan fingerprint density at radius 1 is 1.21 bits per heavy atom. The standard InChI is InChI=1S/C18H25N3O2S/c1-18(2,3)12-23-15-6-5-14-10-21(8-7-13(14)9-15)17-20-19-16(24-17)11-22-4/h5-6,9H,7-8,10-12H2,1-4H3. The molecule has 5 nitrogen and oxygen atoms in total. The Hall–Kier alpha value is -1.66. The van der Waals surface area contributed by atoms with Crippen LogP contribution in [-0.2, 0) is 24.3 Å². The fourth-order valence-corrected chi connectivity index (χ4v) is 3.47. The molecule has 2 aromatic rings. The summed E-state index contributed by atoms with van der Waals surface area (Å²) in [4.78, 5) is 2.29. The third-order valence-electron chi connectivity index (χ3n) is 3.86. The van der Waals surface area contributed by atoms with Gasteiger partial charge in [-0.2, -0.15) is 0 Å². The van der Waals surface area contributed by atoms with Gasteiger partial charge in [-0.15, -0.1) is 10.2 Å². The van der Waals surface area contributed by atoms with Crippen molar-refractivity contribution < 1.29 is 9.47 Å². The molecule has 130 valence electrons. The number of anilines is 1. The molecule has 0 saturated heterocycles. The zero-order valence-corrected chi connectivity index (χ0v) is 15.7. The second-order valence-corrected chi connectivity index (χ2v) is 8.40. The van der Waals surface area contributed by atoms with E-state index < -0.39 is 0 Å². The lowest BCUT2D eigenvalue weighted by Crippen LogP contribution is -2.30. The first-order valence-electron chi connectivity index (χ1n) is 8.25. The largest absolute Gasteiger partial charge is 0.493 e. The fraction of sp³-hybridized carbons (Fsp3) is 0.556. The summed E-state index contributed by atoms with van der Waals surface area (Å²) in [7, 11) is 1.68. The number of methoxy groups -OCH3 is 1. The first kappa shape index (κ1) is 17.2. The molecule has 1 aromatic carbocycles. The molecule has 0 atom stereocenters. The first-order valence-corrected chi connectivity index (χ1v) is 9.07. The number of hydrogen-bond acceptors (Lipinski definition) is 6. The molecule has 1 aliphatic heterocycles. The molecule has 0 radical (unpaired) electrons. The molecule has 6 heteroatoms. The summed E-state index contributed by atoms with van der Waals surface area (Å²) in [5, 5.41) is 10.4. The topological polar surface area (TPSA) is 47.5 Å². The van der Waals surface area contributed by atoms with Gasteiger partial charge in [0.15, 0.2) is 0 Å². The van der Waals surface area contributed by atoms with Crippen LogP contribution in [0.1, 0.15) is 36.9 Å². The number of benzene rings is 1. The van der Waals surface area contributed by atoms with Crippen molar-refractivity contribution >= 4 is 16.5 Å². The molecular weight excluding hydrogens is 322 g/mol. The molecule has 24 heavy (non-hydrogen) atoms. The van der Waals surface area contributed by atoms with Gasteiger partial charge in [0.25, 0.3) is 0 Å². The van der Waals surface area contributed by atoms with E-state index in [1.807, 2.05) is 0 Å². The van der Waals surface area contributed by atoms with Gasteiger partial charge in [0.05, 0.1) is 6.61 Å². The van der Waals surface area contributed by atoms with E-state index >= 15 is 0 Å². The highest BCUT2D eigenvalue weighted by atomic mass is 32.1. The van der Waals surface area contributed by atoms with Crippen molar-refractivity contribution in [1.29, 1.82) is 0 Å². The summed E-state index contributed by atoms with van der Waals surface area (Å²) in [5.74, 6) is 0.968. The van der Waals surface area contributed by atoms with Crippen LogP contribution in [0.25, 0.3) is 0 Å². The minimum Gasteiger partial charge on any atom is -0.493 e. The number of aromatic nitrogens is 2. The number of fused-ring (bicyclic) bond motifs is 1. The van der Waals surface area contributed by atoms with Crippen LogP contribution in [0.4, 0.5) is 5.13 Å². The van der Waals surface area contributed by atoms with Gasteiger partial charge in [0, 0.05) is 20.2 Å². The van der Waals surface area contributed by atoms with Gasteiger partial charge in [0.1, 0.15) is 17.4 Å². The Bertz CT molecular complexity index is 694. The van der Waals surface area contributed by atoms with E-state index in [4.69, 9.17) is 9.47 Å². The maximum absolute atomic E-state index is 5.93. The maximum atomic E-state index is 5.93. The van der Waals surface area contributed by atoms with E-state index in [1.54, 1.807) is 18.4 Å². The molecule has 0 spiro atoms. The Morgan fingerprint density at radius 2 is 2.04 bits per heavy atom. The second-order valence-electron chi connectivity index (χ2n) is 7.36. The number of ether oxygens (including phenoxy) is 2. The third kappa shape index (κ3) is 4.24. The van der Waals surface area contributed by atoms with Gasteiger partial charge >= 0.3 is 0 Å². The molecule has 0 amide bonds. The van der Waals surface area contributed by atoms with Crippen LogP contribution in [0, 0.1) is 5.41 Å². The van der Waals surface area contributed by atoms with Crippen molar-refractivity contribution in [3.05, 3.63) is 34.3 Å². The van der Waals surface area contributed by atoms with Gasteiger partial charge in [-0.3, -0.25) is 0 Å². The van der Waals surface area contributed by atoms with Crippen LogP contribution >= 0.6 is 11.3 Å². The minimum absolute atomic E-state index is 0.171. The Labute approximate surface area is 147 Å². The van der Waals surface area contributed by atoms with Gasteiger partial charge in [-0.05, 0) is 35.1 Å². The molecule has 0 bridgehead atoms. The number of rotatable bonds is 5. The van der Waals surface area contributed by atoms with Crippen molar-refractivity contribution in [3.8, 4) is 5.75 Å². The quantitative estimate of drug-likeness (QED) is 0.826. The van der Waals surface area contributed by atoms with Gasteiger partial charge in [-0.25, -0.2) is 0 Å². The lowest BCUT2D eigenvalue weighted by molar-refractivity contribution is 0.184. The molecule has 0 aliphatic carbocycles. The summed E-state index contributed by atoms with van der Waals surface area (Å²) < 4.78 is 11.1. The zero-order valence-electron chi connectivity index (χ0n) is 14.8. The van der Waals surface area contributed by atoms with Crippen molar-refractivity contribution in [2.24, 2.45) is 5.41 Å². The maximum Gasteiger partial charge on any atom is 0.208 e. The third-order valence-corrected chi connectivity index (χ3v) is 4.81. The second kappa shape index (κ2) is 7.07. The monoisotopic (exact) mass is 347 g/mol. The van der Waals surface area contributed by atoms with Crippen molar-refractivity contribution in [2.75, 3.05) is 25.2 Å². The van der Waals surface area contributed by atoms with Gasteiger partial charge in [-0.1, -0.05) is 38.2 Å². The van der Waals surface area contributed by atoms with E-state index in [0.29, 0.717) is 6.61 Å². The first-order chi connectivity index (χ1) is 11.4. The Balaban J connectivity index is 1.67. The predicted octanol–water partition coefficient (Wildman–Crippen LogP) is 3.67. The highest BCUT2D eigenvalue weighted by Crippen LogP contribution is 2.29. The van der Waals surface area contributed by atoms with Crippen molar-refractivity contribution in [3.63, 3.8) is 0 Å². The summed E-state index contributed by atoms with van der Waals surface area (Å²) in [6.45, 7) is 9.63. The normalized spacial score (nSPS) is 14.6. The van der Waals surface area contributed by atoms with E-state index in [-0.39, 0.29) is 5.41 Å². The summed E-state index contributed by atoms with van der Waals surface area (Å²) in [6, 6.07) is 6.44. The highest BCUT2D eigenvalue weighted by molar-refractivity contribution is 7.15. The molecule has 0 saturated carbocycles. The summed E-state index contributed by atoms with van der Waals surface area (Å²) in [5.41, 5.74) is 2.89.